The van der Waals surface area contributed by atoms with Crippen molar-refractivity contribution < 1.29 is 0 Å². The van der Waals surface area contributed by atoms with E-state index in [4.69, 9.17) is 0 Å². The van der Waals surface area contributed by atoms with E-state index in [1.807, 2.05) is 0 Å². The van der Waals surface area contributed by atoms with Crippen molar-refractivity contribution in [3.05, 3.63) is 0 Å². The predicted octanol–water partition coefficient (Wildman–Crippen LogP) is 6.01. The van der Waals surface area contributed by atoms with Crippen LogP contribution in [0.5, 0.6) is 0 Å². The predicted molar refractivity (Wildman–Crippen MR) is 75.3 cm³/mol. The summed E-state index contributed by atoms with van der Waals surface area (Å²) in [5, 5.41) is 0. The summed E-state index contributed by atoms with van der Waals surface area (Å²) in [5.41, 5.74) is 0. The average molecular weight is 216 g/mol. The van der Waals surface area contributed by atoms with Crippen LogP contribution in [0.25, 0.3) is 0 Å². The van der Waals surface area contributed by atoms with Crippen LogP contribution in [0.2, 0.25) is 0 Å². The van der Waals surface area contributed by atoms with Crippen LogP contribution in [-0.2, 0) is 0 Å². The second kappa shape index (κ2) is 12.1. The third-order valence-corrected chi connectivity index (χ3v) is 1.56. The van der Waals surface area contributed by atoms with Crippen LogP contribution in [0, 0.1) is 23.7 Å². The van der Waals surface area contributed by atoms with Gasteiger partial charge >= 0.3 is 0 Å². The largest absolute Gasteiger partial charge is 0.0776 e. The second-order valence-corrected chi connectivity index (χ2v) is 6.05. The lowest BCUT2D eigenvalue weighted by Crippen LogP contribution is -1.85. The number of rotatable bonds is 1. The van der Waals surface area contributed by atoms with Crippen molar-refractivity contribution in [1.82, 2.24) is 0 Å². The van der Waals surface area contributed by atoms with Crippen molar-refractivity contribution in [3.63, 3.8) is 0 Å². The molecule has 0 unspecified atom stereocenters. The molecule has 0 aromatic rings. The Kier molecular flexibility index (Phi) is 16.4. The fourth-order valence-electron chi connectivity index (χ4n) is 0.763. The molecule has 15 heavy (non-hydrogen) atoms. The third kappa shape index (κ3) is 41.1. The molecule has 0 nitrogen and oxygen atoms in total. The first kappa shape index (κ1) is 20.4. The number of hydrogen-bond donors (Lipinski definition) is 0. The Bertz CT molecular complexity index is 85.1. The van der Waals surface area contributed by atoms with Crippen molar-refractivity contribution in [2.24, 2.45) is 23.7 Å². The highest BCUT2D eigenvalue weighted by atomic mass is 14.3. The first-order valence-electron chi connectivity index (χ1n) is 6.27. The molecule has 1 saturated carbocycles. The molecule has 0 heterocycles. The van der Waals surface area contributed by atoms with Crippen LogP contribution in [0.4, 0.5) is 0 Å². The minimum atomic E-state index is 0. The molecule has 0 saturated heterocycles. The summed E-state index contributed by atoms with van der Waals surface area (Å²) in [5.74, 6) is 3.73. The SMILES string of the molecule is C.CC(C)C.CC(C)C.CC(C)C1CC1. The van der Waals surface area contributed by atoms with Gasteiger partial charge in [0.1, 0.15) is 0 Å². The highest BCUT2D eigenvalue weighted by molar-refractivity contribution is 4.75. The molecule has 1 aliphatic rings. The first-order chi connectivity index (χ1) is 6.27. The Morgan fingerprint density at radius 3 is 0.867 bits per heavy atom. The topological polar surface area (TPSA) is 0 Å². The summed E-state index contributed by atoms with van der Waals surface area (Å²) < 4.78 is 0. The molecule has 0 N–H and O–H groups in total. The molecule has 1 rings (SSSR count). The summed E-state index contributed by atoms with van der Waals surface area (Å²) >= 11 is 0. The Morgan fingerprint density at radius 1 is 0.667 bits per heavy atom. The van der Waals surface area contributed by atoms with E-state index in [0.717, 1.165) is 23.7 Å². The highest BCUT2D eigenvalue weighted by Crippen LogP contribution is 2.35. The Labute approximate surface area is 99.9 Å². The average Bonchev–Trinajstić information content (AvgIpc) is 2.61. The van der Waals surface area contributed by atoms with E-state index in [9.17, 15) is 0 Å². The van der Waals surface area contributed by atoms with E-state index in [2.05, 4.69) is 55.4 Å². The van der Waals surface area contributed by atoms with E-state index >= 15 is 0 Å². The zero-order valence-electron chi connectivity index (χ0n) is 11.7. The van der Waals surface area contributed by atoms with E-state index in [1.165, 1.54) is 12.8 Å². The standard InChI is InChI=1S/C6H12.2C4H10.CH4/c1-5(2)6-3-4-6;2*1-4(2)3;/h5-6H,3-4H2,1-2H3;2*4H,1-3H3;1H4. The van der Waals surface area contributed by atoms with E-state index < -0.39 is 0 Å². The van der Waals surface area contributed by atoms with Gasteiger partial charge in [-0.25, -0.2) is 0 Å². The van der Waals surface area contributed by atoms with Gasteiger partial charge in [0.05, 0.1) is 0 Å². The maximum Gasteiger partial charge on any atom is -0.0391 e. The van der Waals surface area contributed by atoms with Crippen LogP contribution in [0.3, 0.4) is 0 Å². The number of hydrogen-bond acceptors (Lipinski definition) is 0. The highest BCUT2D eigenvalue weighted by Gasteiger charge is 2.23. The van der Waals surface area contributed by atoms with Gasteiger partial charge in [-0.2, -0.15) is 0 Å². The van der Waals surface area contributed by atoms with Crippen LogP contribution >= 0.6 is 0 Å². The Morgan fingerprint density at radius 2 is 0.867 bits per heavy atom. The quantitative estimate of drug-likeness (QED) is 0.503. The molecular weight excluding hydrogens is 180 g/mol. The van der Waals surface area contributed by atoms with Crippen LogP contribution < -0.4 is 0 Å². The molecule has 0 bridgehead atoms. The van der Waals surface area contributed by atoms with Crippen LogP contribution in [-0.4, -0.2) is 0 Å². The zero-order valence-corrected chi connectivity index (χ0v) is 11.7. The smallest absolute Gasteiger partial charge is 0.0391 e. The van der Waals surface area contributed by atoms with Gasteiger partial charge in [-0.3, -0.25) is 0 Å². The molecule has 0 heteroatoms. The van der Waals surface area contributed by atoms with Gasteiger partial charge in [-0.1, -0.05) is 62.8 Å². The van der Waals surface area contributed by atoms with Gasteiger partial charge in [-0.05, 0) is 36.5 Å². The lowest BCUT2D eigenvalue weighted by Gasteiger charge is -1.94. The lowest BCUT2D eigenvalue weighted by atomic mass is 10.1. The summed E-state index contributed by atoms with van der Waals surface area (Å²) in [6.07, 6.45) is 3.00. The summed E-state index contributed by atoms with van der Waals surface area (Å²) in [6, 6.07) is 0. The summed E-state index contributed by atoms with van der Waals surface area (Å²) in [6.45, 7) is 17.6. The minimum Gasteiger partial charge on any atom is -0.0776 e. The molecule has 0 aromatic heterocycles. The molecule has 0 spiro atoms. The van der Waals surface area contributed by atoms with Crippen molar-refractivity contribution in [3.8, 4) is 0 Å². The molecule has 96 valence electrons. The molecule has 0 radical (unpaired) electrons. The normalized spacial score (nSPS) is 13.8. The molecule has 1 fully saturated rings. The Hall–Kier alpha value is 0. The monoisotopic (exact) mass is 216 g/mol. The van der Waals surface area contributed by atoms with Gasteiger partial charge < -0.3 is 0 Å². The third-order valence-electron chi connectivity index (χ3n) is 1.56. The zero-order chi connectivity index (χ0) is 11.7. The Balaban J connectivity index is -0.000000145. The van der Waals surface area contributed by atoms with Gasteiger partial charge in [-0.15, -0.1) is 0 Å². The van der Waals surface area contributed by atoms with E-state index in [0.29, 0.717) is 0 Å². The molecule has 0 atom stereocenters. The fourth-order valence-corrected chi connectivity index (χ4v) is 0.763. The minimum absolute atomic E-state index is 0. The first-order valence-corrected chi connectivity index (χ1v) is 6.27. The summed E-state index contributed by atoms with van der Waals surface area (Å²) in [7, 11) is 0. The van der Waals surface area contributed by atoms with Crippen molar-refractivity contribution in [2.45, 2.75) is 75.7 Å². The maximum absolute atomic E-state index is 2.30. The van der Waals surface area contributed by atoms with Crippen molar-refractivity contribution in [2.75, 3.05) is 0 Å². The molecular formula is C15H36. The molecule has 1 aliphatic carbocycles. The van der Waals surface area contributed by atoms with E-state index in [1.54, 1.807) is 0 Å². The van der Waals surface area contributed by atoms with Gasteiger partial charge in [0, 0.05) is 0 Å². The van der Waals surface area contributed by atoms with Crippen molar-refractivity contribution in [1.29, 1.82) is 0 Å². The van der Waals surface area contributed by atoms with Crippen LogP contribution in [0.15, 0.2) is 0 Å². The van der Waals surface area contributed by atoms with E-state index in [-0.39, 0.29) is 7.43 Å². The van der Waals surface area contributed by atoms with Gasteiger partial charge in [0.15, 0.2) is 0 Å². The van der Waals surface area contributed by atoms with Crippen molar-refractivity contribution >= 4 is 0 Å². The van der Waals surface area contributed by atoms with Gasteiger partial charge in [0.25, 0.3) is 0 Å². The summed E-state index contributed by atoms with van der Waals surface area (Å²) in [4.78, 5) is 0. The second-order valence-electron chi connectivity index (χ2n) is 6.05. The fraction of sp³-hybridized carbons (Fsp3) is 1.00. The van der Waals surface area contributed by atoms with Crippen LogP contribution in [0.1, 0.15) is 75.7 Å². The van der Waals surface area contributed by atoms with Gasteiger partial charge in [0.2, 0.25) is 0 Å². The maximum atomic E-state index is 2.30. The molecule has 0 aliphatic heterocycles. The molecule has 0 amide bonds. The lowest BCUT2D eigenvalue weighted by molar-refractivity contribution is 0.563. The molecule has 0 aromatic carbocycles.